The smallest absolute Gasteiger partial charge is 0.207 e. The van der Waals surface area contributed by atoms with Gasteiger partial charge in [-0.25, -0.2) is 8.42 Å². The highest BCUT2D eigenvalue weighted by Gasteiger charge is 2.34. The van der Waals surface area contributed by atoms with Gasteiger partial charge in [0.2, 0.25) is 9.84 Å². The fourth-order valence-electron chi connectivity index (χ4n) is 7.75. The number of para-hydroxylation sites is 4. The minimum Gasteiger partial charge on any atom is -0.309 e. The maximum Gasteiger partial charge on any atom is 0.207 e. The molecule has 0 radical (unpaired) electrons. The maximum absolute atomic E-state index is 13.9. The minimum atomic E-state index is -3.66. The SMILES string of the molecule is Cc1cccc2c3cccc(C)c3n(-c3ccc4c(c3)-c3cc(-n5c6c(C)cccc6c6cccc(C)c65)ccc3S4(=O)=O)c12. The van der Waals surface area contributed by atoms with Crippen LogP contribution < -0.4 is 0 Å². The molecule has 5 heteroatoms. The molecule has 0 amide bonds. The number of rotatable bonds is 2. The molecule has 218 valence electrons. The summed E-state index contributed by atoms with van der Waals surface area (Å²) in [4.78, 5) is 0.726. The summed E-state index contributed by atoms with van der Waals surface area (Å²) in [7, 11) is -3.66. The van der Waals surface area contributed by atoms with Gasteiger partial charge in [-0.3, -0.25) is 0 Å². The van der Waals surface area contributed by atoms with Gasteiger partial charge in [0.25, 0.3) is 0 Å². The van der Waals surface area contributed by atoms with E-state index in [1.807, 2.05) is 12.1 Å². The summed E-state index contributed by atoms with van der Waals surface area (Å²) >= 11 is 0. The summed E-state index contributed by atoms with van der Waals surface area (Å²) in [5.41, 5.74) is 12.7. The van der Waals surface area contributed by atoms with Crippen LogP contribution in [0.25, 0.3) is 66.1 Å². The summed E-state index contributed by atoms with van der Waals surface area (Å²) in [6, 6.07) is 37.3. The van der Waals surface area contributed by atoms with Crippen LogP contribution in [-0.2, 0) is 9.84 Å². The van der Waals surface area contributed by atoms with Gasteiger partial charge in [-0.05, 0) is 86.3 Å². The summed E-state index contributed by atoms with van der Waals surface area (Å²) < 4.78 is 32.5. The molecule has 3 heterocycles. The topological polar surface area (TPSA) is 44.0 Å². The number of sulfone groups is 1. The Hall–Kier alpha value is -5.13. The van der Waals surface area contributed by atoms with Gasteiger partial charge in [-0.1, -0.05) is 72.8 Å². The van der Waals surface area contributed by atoms with Crippen LogP contribution in [-0.4, -0.2) is 17.6 Å². The molecule has 0 aliphatic carbocycles. The summed E-state index contributed by atoms with van der Waals surface area (Å²) in [5, 5.41) is 4.78. The van der Waals surface area contributed by atoms with Gasteiger partial charge in [0.05, 0.1) is 31.9 Å². The summed E-state index contributed by atoms with van der Waals surface area (Å²) in [6.07, 6.45) is 0. The Kier molecular flexibility index (Phi) is 5.24. The number of hydrogen-bond acceptors (Lipinski definition) is 2. The number of hydrogen-bond donors (Lipinski definition) is 0. The van der Waals surface area contributed by atoms with Crippen LogP contribution >= 0.6 is 0 Å². The fraction of sp³-hybridized carbons (Fsp3) is 0.100. The third-order valence-electron chi connectivity index (χ3n) is 9.74. The lowest BCUT2D eigenvalue weighted by Crippen LogP contribution is -2.00. The van der Waals surface area contributed by atoms with Gasteiger partial charge >= 0.3 is 0 Å². The first-order chi connectivity index (χ1) is 21.8. The van der Waals surface area contributed by atoms with Crippen molar-refractivity contribution in [2.75, 3.05) is 0 Å². The highest BCUT2D eigenvalue weighted by Crippen LogP contribution is 2.47. The number of nitrogens with zero attached hydrogens (tertiary/aromatic N) is 2. The zero-order valence-corrected chi connectivity index (χ0v) is 26.3. The summed E-state index contributed by atoms with van der Waals surface area (Å²) in [5.74, 6) is 0. The molecular formula is C40H30N2O2S. The molecular weight excluding hydrogens is 573 g/mol. The molecule has 0 spiro atoms. The molecule has 0 bridgehead atoms. The van der Waals surface area contributed by atoms with E-state index in [1.165, 1.54) is 43.8 Å². The van der Waals surface area contributed by atoms with Gasteiger partial charge in [-0.15, -0.1) is 0 Å². The highest BCUT2D eigenvalue weighted by atomic mass is 32.2. The molecule has 9 rings (SSSR count). The number of aromatic nitrogens is 2. The van der Waals surface area contributed by atoms with Crippen molar-refractivity contribution in [2.24, 2.45) is 0 Å². The third kappa shape index (κ3) is 3.39. The van der Waals surface area contributed by atoms with Crippen LogP contribution in [0, 0.1) is 27.7 Å². The first-order valence-electron chi connectivity index (χ1n) is 15.3. The van der Waals surface area contributed by atoms with Crippen LogP contribution in [0.1, 0.15) is 22.3 Å². The van der Waals surface area contributed by atoms with Crippen LogP contribution in [0.15, 0.2) is 119 Å². The van der Waals surface area contributed by atoms with Crippen LogP contribution in [0.2, 0.25) is 0 Å². The Morgan fingerprint density at radius 1 is 0.422 bits per heavy atom. The van der Waals surface area contributed by atoms with Gasteiger partial charge in [-0.2, -0.15) is 0 Å². The van der Waals surface area contributed by atoms with Crippen molar-refractivity contribution in [3.05, 3.63) is 131 Å². The minimum absolute atomic E-state index is 0.363. The molecule has 0 fully saturated rings. The van der Waals surface area contributed by atoms with Crippen molar-refractivity contribution in [3.63, 3.8) is 0 Å². The second-order valence-electron chi connectivity index (χ2n) is 12.4. The molecule has 8 aromatic rings. The average Bonchev–Trinajstić information content (AvgIpc) is 3.64. The average molecular weight is 603 g/mol. The van der Waals surface area contributed by atoms with E-state index in [4.69, 9.17) is 0 Å². The van der Waals surface area contributed by atoms with Crippen molar-refractivity contribution in [1.29, 1.82) is 0 Å². The van der Waals surface area contributed by atoms with Crippen molar-refractivity contribution in [1.82, 2.24) is 9.13 Å². The molecule has 2 aromatic heterocycles. The van der Waals surface area contributed by atoms with Crippen LogP contribution in [0.4, 0.5) is 0 Å². The molecule has 4 nitrogen and oxygen atoms in total. The van der Waals surface area contributed by atoms with Gasteiger partial charge < -0.3 is 9.13 Å². The summed E-state index contributed by atoms with van der Waals surface area (Å²) in [6.45, 7) is 8.56. The zero-order valence-electron chi connectivity index (χ0n) is 25.5. The van der Waals surface area contributed by atoms with E-state index >= 15 is 0 Å². The van der Waals surface area contributed by atoms with Gasteiger partial charge in [0.15, 0.2) is 0 Å². The van der Waals surface area contributed by atoms with Crippen LogP contribution in [0.3, 0.4) is 0 Å². The fourth-order valence-corrected chi connectivity index (χ4v) is 9.40. The highest BCUT2D eigenvalue weighted by molar-refractivity contribution is 7.92. The van der Waals surface area contributed by atoms with E-state index in [0.29, 0.717) is 9.79 Å². The van der Waals surface area contributed by atoms with E-state index < -0.39 is 9.84 Å². The lowest BCUT2D eigenvalue weighted by Gasteiger charge is -2.14. The lowest BCUT2D eigenvalue weighted by atomic mass is 10.0. The Morgan fingerprint density at radius 2 is 0.733 bits per heavy atom. The van der Waals surface area contributed by atoms with E-state index in [9.17, 15) is 8.42 Å². The molecule has 0 unspecified atom stereocenters. The van der Waals surface area contributed by atoms with Gasteiger partial charge in [0, 0.05) is 44.0 Å². The predicted octanol–water partition coefficient (Wildman–Crippen LogP) is 9.93. The Morgan fingerprint density at radius 3 is 1.04 bits per heavy atom. The quantitative estimate of drug-likeness (QED) is 0.198. The monoisotopic (exact) mass is 602 g/mol. The largest absolute Gasteiger partial charge is 0.309 e. The van der Waals surface area contributed by atoms with Crippen molar-refractivity contribution in [3.8, 4) is 22.5 Å². The first-order valence-corrected chi connectivity index (χ1v) is 16.8. The zero-order chi connectivity index (χ0) is 30.8. The number of fused-ring (bicyclic) bond motifs is 9. The first kappa shape index (κ1) is 26.3. The molecule has 0 saturated heterocycles. The normalized spacial score (nSPS) is 13.7. The predicted molar refractivity (Wildman–Crippen MR) is 185 cm³/mol. The van der Waals surface area contributed by atoms with E-state index in [0.717, 1.165) is 44.6 Å². The number of aryl methyl sites for hydroxylation is 4. The molecule has 1 aliphatic heterocycles. The lowest BCUT2D eigenvalue weighted by molar-refractivity contribution is 0.598. The second-order valence-corrected chi connectivity index (χ2v) is 14.3. The Labute approximate surface area is 261 Å². The van der Waals surface area contributed by atoms with Crippen molar-refractivity contribution < 1.29 is 8.42 Å². The van der Waals surface area contributed by atoms with Gasteiger partial charge in [0.1, 0.15) is 0 Å². The van der Waals surface area contributed by atoms with Crippen LogP contribution in [0.5, 0.6) is 0 Å². The maximum atomic E-state index is 13.9. The second kappa shape index (κ2) is 8.96. The van der Waals surface area contributed by atoms with E-state index in [2.05, 4.69) is 122 Å². The molecule has 45 heavy (non-hydrogen) atoms. The molecule has 1 aliphatic rings. The van der Waals surface area contributed by atoms with Crippen molar-refractivity contribution in [2.45, 2.75) is 37.5 Å². The van der Waals surface area contributed by atoms with E-state index in [1.54, 1.807) is 12.1 Å². The standard InChI is InChI=1S/C40H30N2O2S/c1-23-9-5-13-29-30-14-6-10-24(2)38(30)41(37(23)29)27-17-19-35-33(21-27)34-22-28(18-20-36(34)45(35,43)44)42-39-25(3)11-7-15-31(39)32-16-8-12-26(4)40(32)42/h5-22H,1-4H3. The Balaban J connectivity index is 1.34. The third-order valence-corrected chi connectivity index (χ3v) is 11.6. The molecule has 0 atom stereocenters. The molecule has 0 N–H and O–H groups in total. The Bertz CT molecular complexity index is 2410. The molecule has 6 aromatic carbocycles. The van der Waals surface area contributed by atoms with Crippen molar-refractivity contribution >= 4 is 53.4 Å². The number of benzene rings is 6. The van der Waals surface area contributed by atoms with E-state index in [-0.39, 0.29) is 0 Å². The molecule has 0 saturated carbocycles.